The zero-order valence-electron chi connectivity index (χ0n) is 14.1. The van der Waals surface area contributed by atoms with Crippen LogP contribution in [-0.2, 0) is 0 Å². The highest BCUT2D eigenvalue weighted by Gasteiger charge is 2.35. The Kier molecular flexibility index (Phi) is 8.70. The topological polar surface area (TPSA) is 53.2 Å². The molecule has 0 spiro atoms. The molecule has 2 aromatic carbocycles. The van der Waals surface area contributed by atoms with Gasteiger partial charge < -0.3 is 16.0 Å². The fourth-order valence-electron chi connectivity index (χ4n) is 2.14. The molecule has 4 nitrogen and oxygen atoms in total. The van der Waals surface area contributed by atoms with E-state index in [9.17, 15) is 4.79 Å². The monoisotopic (exact) mass is 605 g/mol. The van der Waals surface area contributed by atoms with Crippen LogP contribution in [0.2, 0.25) is 5.02 Å². The summed E-state index contributed by atoms with van der Waals surface area (Å²) in [4.78, 5) is 12.5. The van der Waals surface area contributed by atoms with Crippen molar-refractivity contribution in [1.29, 1.82) is 0 Å². The molecule has 0 aliphatic carbocycles. The second-order valence-electron chi connectivity index (χ2n) is 5.66. The second-order valence-corrected chi connectivity index (χ2v) is 10.6. The predicted molar refractivity (Wildman–Crippen MR) is 129 cm³/mol. The molecule has 2 aromatic rings. The predicted octanol–water partition coefficient (Wildman–Crippen LogP) is 6.59. The van der Waals surface area contributed by atoms with Gasteiger partial charge in [-0.25, -0.2) is 0 Å². The molecule has 0 bridgehead atoms. The highest BCUT2D eigenvalue weighted by molar-refractivity contribution is 9.11. The Balaban J connectivity index is 2.14. The van der Waals surface area contributed by atoms with E-state index in [-0.39, 0.29) is 5.11 Å². The maximum absolute atomic E-state index is 12.5. The molecular formula is C17H13Br2Cl4N3OS. The second kappa shape index (κ2) is 10.2. The summed E-state index contributed by atoms with van der Waals surface area (Å²) in [5, 5.41) is 8.98. The molecular weight excluding hydrogens is 596 g/mol. The fraction of sp³-hybridized carbons (Fsp3) is 0.176. The van der Waals surface area contributed by atoms with Gasteiger partial charge >= 0.3 is 0 Å². The Hall–Kier alpha value is -0.280. The smallest absolute Gasteiger partial charge is 0.253 e. The van der Waals surface area contributed by atoms with Crippen LogP contribution >= 0.6 is 90.5 Å². The van der Waals surface area contributed by atoms with Gasteiger partial charge in [-0.2, -0.15) is 0 Å². The molecule has 1 amide bonds. The number of nitrogens with one attached hydrogen (secondary N) is 3. The Labute approximate surface area is 204 Å². The third kappa shape index (κ3) is 6.90. The lowest BCUT2D eigenvalue weighted by atomic mass is 10.2. The number of alkyl halides is 3. The molecule has 11 heteroatoms. The van der Waals surface area contributed by atoms with E-state index in [1.54, 1.807) is 18.2 Å². The van der Waals surface area contributed by atoms with E-state index < -0.39 is 15.9 Å². The van der Waals surface area contributed by atoms with E-state index in [2.05, 4.69) is 47.8 Å². The molecule has 3 N–H and O–H groups in total. The van der Waals surface area contributed by atoms with Gasteiger partial charge in [0.05, 0.1) is 5.69 Å². The maximum Gasteiger partial charge on any atom is 0.253 e. The van der Waals surface area contributed by atoms with Crippen LogP contribution in [0.4, 0.5) is 5.69 Å². The molecule has 0 saturated carbocycles. The summed E-state index contributed by atoms with van der Waals surface area (Å²) in [5.41, 5.74) is 2.06. The lowest BCUT2D eigenvalue weighted by Crippen LogP contribution is -2.56. The first kappa shape index (κ1) is 24.0. The Bertz CT molecular complexity index is 885. The van der Waals surface area contributed by atoms with Crippen LogP contribution in [0, 0.1) is 6.92 Å². The lowest BCUT2D eigenvalue weighted by molar-refractivity contribution is 0.0934. The fourth-order valence-corrected chi connectivity index (χ4v) is 4.50. The minimum Gasteiger partial charge on any atom is -0.339 e. The summed E-state index contributed by atoms with van der Waals surface area (Å²) in [6, 6.07) is 10.2. The zero-order valence-corrected chi connectivity index (χ0v) is 21.1. The molecule has 1 unspecified atom stereocenters. The molecule has 0 aliphatic rings. The largest absolute Gasteiger partial charge is 0.339 e. The first-order valence-corrected chi connectivity index (χ1v) is 11.1. The number of benzene rings is 2. The zero-order chi connectivity index (χ0) is 21.1. The van der Waals surface area contributed by atoms with Gasteiger partial charge in [0.1, 0.15) is 6.17 Å². The highest BCUT2D eigenvalue weighted by atomic mass is 79.9. The van der Waals surface area contributed by atoms with Crippen molar-refractivity contribution < 1.29 is 4.79 Å². The number of anilines is 1. The molecule has 1 atom stereocenters. The van der Waals surface area contributed by atoms with Gasteiger partial charge in [0, 0.05) is 19.5 Å². The molecule has 0 aromatic heterocycles. The molecule has 28 heavy (non-hydrogen) atoms. The maximum atomic E-state index is 12.5. The molecule has 0 fully saturated rings. The summed E-state index contributed by atoms with van der Waals surface area (Å²) in [5.74, 6) is -0.480. The van der Waals surface area contributed by atoms with Crippen molar-refractivity contribution in [2.24, 2.45) is 0 Å². The summed E-state index contributed by atoms with van der Waals surface area (Å²) >= 11 is 36.2. The van der Waals surface area contributed by atoms with Crippen molar-refractivity contribution >= 4 is 107 Å². The minimum atomic E-state index is -1.87. The van der Waals surface area contributed by atoms with E-state index in [0.29, 0.717) is 16.3 Å². The van der Waals surface area contributed by atoms with Crippen molar-refractivity contribution in [3.05, 3.63) is 61.5 Å². The quantitative estimate of drug-likeness (QED) is 0.208. The summed E-state index contributed by atoms with van der Waals surface area (Å²) in [7, 11) is 0. The van der Waals surface area contributed by atoms with Crippen LogP contribution < -0.4 is 16.0 Å². The number of hydrogen-bond donors (Lipinski definition) is 3. The van der Waals surface area contributed by atoms with E-state index in [1.165, 1.54) is 6.07 Å². The van der Waals surface area contributed by atoms with Gasteiger partial charge in [-0.15, -0.1) is 0 Å². The standard InChI is InChI=1S/C17H13Br2Cl4N3OS/c1-8-5-11(18)13(12(19)6-8)24-16(28)26-15(17(21,22)23)25-14(27)9-3-2-4-10(20)7-9/h2-7,15H,1H3,(H,25,27)(H2,24,26,28). The average Bonchev–Trinajstić information content (AvgIpc) is 2.56. The summed E-state index contributed by atoms with van der Waals surface area (Å²) < 4.78 is -0.296. The van der Waals surface area contributed by atoms with Crippen LogP contribution in [0.1, 0.15) is 15.9 Å². The number of rotatable bonds is 4. The van der Waals surface area contributed by atoms with Crippen molar-refractivity contribution in [2.45, 2.75) is 16.9 Å². The summed E-state index contributed by atoms with van der Waals surface area (Å²) in [6.07, 6.45) is -1.10. The van der Waals surface area contributed by atoms with Crippen molar-refractivity contribution in [3.63, 3.8) is 0 Å². The van der Waals surface area contributed by atoms with Gasteiger partial charge in [0.15, 0.2) is 5.11 Å². The van der Waals surface area contributed by atoms with E-state index in [1.807, 2.05) is 19.1 Å². The number of hydrogen-bond acceptors (Lipinski definition) is 2. The van der Waals surface area contributed by atoms with Crippen LogP contribution in [0.15, 0.2) is 45.3 Å². The Morgan fingerprint density at radius 1 is 1.11 bits per heavy atom. The van der Waals surface area contributed by atoms with Crippen molar-refractivity contribution in [3.8, 4) is 0 Å². The molecule has 2 rings (SSSR count). The van der Waals surface area contributed by atoms with Crippen molar-refractivity contribution in [2.75, 3.05) is 5.32 Å². The number of carbonyl (C=O) groups is 1. The number of aryl methyl sites for hydroxylation is 1. The minimum absolute atomic E-state index is 0.146. The molecule has 150 valence electrons. The van der Waals surface area contributed by atoms with Crippen LogP contribution in [0.25, 0.3) is 0 Å². The first-order chi connectivity index (χ1) is 13.0. The first-order valence-electron chi connectivity index (χ1n) is 7.63. The van der Waals surface area contributed by atoms with Crippen LogP contribution in [0.3, 0.4) is 0 Å². The van der Waals surface area contributed by atoms with Crippen LogP contribution in [0.5, 0.6) is 0 Å². The van der Waals surface area contributed by atoms with Crippen molar-refractivity contribution in [1.82, 2.24) is 10.6 Å². The van der Waals surface area contributed by atoms with Gasteiger partial charge in [-0.05, 0) is 86.9 Å². The van der Waals surface area contributed by atoms with Gasteiger partial charge in [-0.1, -0.05) is 52.5 Å². The van der Waals surface area contributed by atoms with E-state index in [0.717, 1.165) is 14.5 Å². The Morgan fingerprint density at radius 2 is 1.71 bits per heavy atom. The highest BCUT2D eigenvalue weighted by Crippen LogP contribution is 2.33. The van der Waals surface area contributed by atoms with Gasteiger partial charge in [0.25, 0.3) is 5.91 Å². The lowest BCUT2D eigenvalue weighted by Gasteiger charge is -2.28. The van der Waals surface area contributed by atoms with E-state index in [4.69, 9.17) is 58.6 Å². The van der Waals surface area contributed by atoms with Gasteiger partial charge in [-0.3, -0.25) is 4.79 Å². The third-order valence-electron chi connectivity index (χ3n) is 3.39. The number of carbonyl (C=O) groups excluding carboxylic acids is 1. The number of amides is 1. The number of halogens is 6. The molecule has 0 saturated heterocycles. The SMILES string of the molecule is Cc1cc(Br)c(NC(=S)NC(NC(=O)c2cccc(Cl)c2)C(Cl)(Cl)Cl)c(Br)c1. The van der Waals surface area contributed by atoms with E-state index >= 15 is 0 Å². The average molecular weight is 609 g/mol. The molecule has 0 heterocycles. The molecule has 0 radical (unpaired) electrons. The van der Waals surface area contributed by atoms with Crippen LogP contribution in [-0.4, -0.2) is 21.0 Å². The molecule has 0 aliphatic heterocycles. The summed E-state index contributed by atoms with van der Waals surface area (Å²) in [6.45, 7) is 1.96. The normalized spacial score (nSPS) is 12.2. The Morgan fingerprint density at radius 3 is 2.25 bits per heavy atom. The number of thiocarbonyl (C=S) groups is 1. The van der Waals surface area contributed by atoms with Gasteiger partial charge in [0.2, 0.25) is 3.79 Å². The third-order valence-corrected chi connectivity index (χ3v) is 5.75.